The Bertz CT molecular complexity index is 599. The van der Waals surface area contributed by atoms with Crippen LogP contribution in [0.3, 0.4) is 0 Å². The van der Waals surface area contributed by atoms with Crippen LogP contribution in [0.5, 0.6) is 0 Å². The summed E-state index contributed by atoms with van der Waals surface area (Å²) in [6.45, 7) is 13.0. The van der Waals surface area contributed by atoms with Crippen LogP contribution < -0.4 is 16.0 Å². The third-order valence-electron chi connectivity index (χ3n) is 4.23. The van der Waals surface area contributed by atoms with Crippen LogP contribution in [-0.4, -0.2) is 87.7 Å². The van der Waals surface area contributed by atoms with Gasteiger partial charge in [-0.25, -0.2) is 0 Å². The first-order chi connectivity index (χ1) is 15.9. The molecule has 0 saturated heterocycles. The van der Waals surface area contributed by atoms with Crippen LogP contribution in [0, 0.1) is 0 Å². The SMILES string of the molecule is C=CC(=O)NCCCOCC(COCC(O)CCCNC(=O)C=C)OCCCNC(=O)C=C. The molecule has 3 amide bonds. The Morgan fingerprint density at radius 2 is 1.21 bits per heavy atom. The van der Waals surface area contributed by atoms with Crippen LogP contribution in [0.4, 0.5) is 0 Å². The standard InChI is InChI=1S/C23H39N3O7/c1-4-21(28)24-11-7-10-19(27)16-32-18-20(33-15-9-13-26-23(30)6-3)17-31-14-8-12-25-22(29)5-2/h4-6,19-20,27H,1-3,7-18H2,(H,24,28)(H,25,29)(H,26,30). The van der Waals surface area contributed by atoms with Gasteiger partial charge in [-0.3, -0.25) is 14.4 Å². The van der Waals surface area contributed by atoms with Gasteiger partial charge in [0.25, 0.3) is 0 Å². The zero-order chi connectivity index (χ0) is 24.7. The van der Waals surface area contributed by atoms with Crippen molar-refractivity contribution in [1.29, 1.82) is 0 Å². The molecule has 0 aliphatic heterocycles. The molecule has 0 aromatic rings. The summed E-state index contributed by atoms with van der Waals surface area (Å²) in [5.74, 6) is -0.706. The van der Waals surface area contributed by atoms with Crippen molar-refractivity contribution in [1.82, 2.24) is 16.0 Å². The van der Waals surface area contributed by atoms with Gasteiger partial charge in [-0.2, -0.15) is 0 Å². The molecule has 0 bridgehead atoms. The minimum Gasteiger partial charge on any atom is -0.391 e. The minimum atomic E-state index is -0.658. The second-order valence-electron chi connectivity index (χ2n) is 7.09. The lowest BCUT2D eigenvalue weighted by Crippen LogP contribution is -2.30. The summed E-state index contributed by atoms with van der Waals surface area (Å²) in [6, 6.07) is 0. The van der Waals surface area contributed by atoms with Crippen molar-refractivity contribution in [3.63, 3.8) is 0 Å². The predicted octanol–water partition coefficient (Wildman–Crippen LogP) is 0.233. The molecule has 0 aliphatic carbocycles. The molecule has 188 valence electrons. The summed E-state index contributed by atoms with van der Waals surface area (Å²) in [4.78, 5) is 33.3. The quantitative estimate of drug-likeness (QED) is 0.132. The highest BCUT2D eigenvalue weighted by Gasteiger charge is 2.12. The van der Waals surface area contributed by atoms with E-state index in [1.807, 2.05) is 0 Å². The number of nitrogens with one attached hydrogen (secondary N) is 3. The molecule has 0 heterocycles. The third-order valence-corrected chi connectivity index (χ3v) is 4.23. The highest BCUT2D eigenvalue weighted by atomic mass is 16.6. The van der Waals surface area contributed by atoms with E-state index in [0.29, 0.717) is 58.5 Å². The van der Waals surface area contributed by atoms with Crippen molar-refractivity contribution in [2.45, 2.75) is 37.9 Å². The lowest BCUT2D eigenvalue weighted by molar-refractivity contribution is -0.117. The molecule has 0 aromatic heterocycles. The largest absolute Gasteiger partial charge is 0.391 e. The molecule has 0 spiro atoms. The summed E-state index contributed by atoms with van der Waals surface area (Å²) in [6.07, 6.45) is 4.98. The second kappa shape index (κ2) is 21.3. The van der Waals surface area contributed by atoms with Gasteiger partial charge in [0, 0.05) is 32.8 Å². The lowest BCUT2D eigenvalue weighted by atomic mass is 10.2. The van der Waals surface area contributed by atoms with E-state index in [0.717, 1.165) is 0 Å². The molecule has 2 unspecified atom stereocenters. The van der Waals surface area contributed by atoms with E-state index in [9.17, 15) is 19.5 Å². The summed E-state index contributed by atoms with van der Waals surface area (Å²) >= 11 is 0. The van der Waals surface area contributed by atoms with Crippen LogP contribution in [0.1, 0.15) is 25.7 Å². The van der Waals surface area contributed by atoms with E-state index in [-0.39, 0.29) is 43.6 Å². The maximum absolute atomic E-state index is 11.2. The number of carbonyl (C=O) groups is 3. The van der Waals surface area contributed by atoms with Crippen LogP contribution in [0.25, 0.3) is 0 Å². The summed E-state index contributed by atoms with van der Waals surface area (Å²) < 4.78 is 17.0. The molecule has 10 nitrogen and oxygen atoms in total. The highest BCUT2D eigenvalue weighted by Crippen LogP contribution is 2.02. The molecule has 4 N–H and O–H groups in total. The van der Waals surface area contributed by atoms with Gasteiger partial charge in [-0.05, 0) is 43.9 Å². The maximum atomic E-state index is 11.2. The van der Waals surface area contributed by atoms with Gasteiger partial charge in [0.2, 0.25) is 17.7 Å². The molecule has 0 aliphatic rings. The summed E-state index contributed by atoms with van der Waals surface area (Å²) in [5.41, 5.74) is 0. The van der Waals surface area contributed by atoms with Crippen molar-refractivity contribution >= 4 is 17.7 Å². The summed E-state index contributed by atoms with van der Waals surface area (Å²) in [5, 5.41) is 18.0. The lowest BCUT2D eigenvalue weighted by Gasteiger charge is -2.20. The fourth-order valence-corrected chi connectivity index (χ4v) is 2.46. The second-order valence-corrected chi connectivity index (χ2v) is 7.09. The van der Waals surface area contributed by atoms with Crippen molar-refractivity contribution in [2.24, 2.45) is 0 Å². The number of hydrogen-bond donors (Lipinski definition) is 4. The number of carbonyl (C=O) groups excluding carboxylic acids is 3. The Kier molecular flexibility index (Phi) is 19.7. The van der Waals surface area contributed by atoms with E-state index >= 15 is 0 Å². The van der Waals surface area contributed by atoms with E-state index in [4.69, 9.17) is 14.2 Å². The zero-order valence-electron chi connectivity index (χ0n) is 19.4. The first kappa shape index (κ1) is 30.5. The minimum absolute atomic E-state index is 0.137. The zero-order valence-corrected chi connectivity index (χ0v) is 19.4. The summed E-state index contributed by atoms with van der Waals surface area (Å²) in [7, 11) is 0. The van der Waals surface area contributed by atoms with E-state index in [1.54, 1.807) is 0 Å². The van der Waals surface area contributed by atoms with Gasteiger partial charge in [-0.1, -0.05) is 19.7 Å². The van der Waals surface area contributed by atoms with E-state index in [1.165, 1.54) is 18.2 Å². The number of amides is 3. The van der Waals surface area contributed by atoms with Crippen molar-refractivity contribution in [2.75, 3.05) is 52.7 Å². The van der Waals surface area contributed by atoms with E-state index < -0.39 is 6.10 Å². The third kappa shape index (κ3) is 19.9. The monoisotopic (exact) mass is 469 g/mol. The van der Waals surface area contributed by atoms with E-state index in [2.05, 4.69) is 35.7 Å². The molecule has 0 radical (unpaired) electrons. The predicted molar refractivity (Wildman–Crippen MR) is 125 cm³/mol. The van der Waals surface area contributed by atoms with Crippen LogP contribution in [0.15, 0.2) is 38.0 Å². The number of hydrogen-bond acceptors (Lipinski definition) is 7. The molecule has 0 aromatic carbocycles. The topological polar surface area (TPSA) is 135 Å². The fraction of sp³-hybridized carbons (Fsp3) is 0.609. The van der Waals surface area contributed by atoms with Gasteiger partial charge >= 0.3 is 0 Å². The molecule has 0 saturated carbocycles. The van der Waals surface area contributed by atoms with Crippen molar-refractivity contribution in [3.05, 3.63) is 38.0 Å². The number of ether oxygens (including phenoxy) is 3. The molecular weight excluding hydrogens is 430 g/mol. The van der Waals surface area contributed by atoms with Gasteiger partial charge in [0.05, 0.1) is 25.9 Å². The van der Waals surface area contributed by atoms with Crippen LogP contribution in [-0.2, 0) is 28.6 Å². The maximum Gasteiger partial charge on any atom is 0.243 e. The molecule has 10 heteroatoms. The van der Waals surface area contributed by atoms with Gasteiger partial charge in [0.15, 0.2) is 0 Å². The van der Waals surface area contributed by atoms with Crippen LogP contribution >= 0.6 is 0 Å². The highest BCUT2D eigenvalue weighted by molar-refractivity contribution is 5.87. The number of aliphatic hydroxyl groups excluding tert-OH is 1. The Morgan fingerprint density at radius 1 is 0.727 bits per heavy atom. The molecule has 0 rings (SSSR count). The Balaban J connectivity index is 4.17. The van der Waals surface area contributed by atoms with Crippen molar-refractivity contribution in [3.8, 4) is 0 Å². The molecule has 33 heavy (non-hydrogen) atoms. The molecular formula is C23H39N3O7. The smallest absolute Gasteiger partial charge is 0.243 e. The average molecular weight is 470 g/mol. The Hall–Kier alpha value is -2.53. The number of aliphatic hydroxyl groups is 1. The van der Waals surface area contributed by atoms with Crippen LogP contribution in [0.2, 0.25) is 0 Å². The van der Waals surface area contributed by atoms with Gasteiger partial charge in [-0.15, -0.1) is 0 Å². The fourth-order valence-electron chi connectivity index (χ4n) is 2.46. The first-order valence-electron chi connectivity index (χ1n) is 11.1. The van der Waals surface area contributed by atoms with Gasteiger partial charge in [0.1, 0.15) is 6.10 Å². The van der Waals surface area contributed by atoms with Crippen molar-refractivity contribution < 1.29 is 33.7 Å². The van der Waals surface area contributed by atoms with Gasteiger partial charge < -0.3 is 35.3 Å². The molecule has 0 fully saturated rings. The first-order valence-corrected chi connectivity index (χ1v) is 11.1. The normalized spacial score (nSPS) is 12.3. The average Bonchev–Trinajstić information content (AvgIpc) is 2.82. The molecule has 2 atom stereocenters. The Labute approximate surface area is 196 Å². The number of rotatable bonds is 22. The Morgan fingerprint density at radius 3 is 1.76 bits per heavy atom.